The Morgan fingerprint density at radius 2 is 2.20 bits per heavy atom. The van der Waals surface area contributed by atoms with Crippen LogP contribution in [0, 0.1) is 0 Å². The number of carboxylic acid groups (broad SMARTS) is 1. The number of hydrogen-bond donors (Lipinski definition) is 3. The van der Waals surface area contributed by atoms with E-state index in [0.717, 1.165) is 25.9 Å². The summed E-state index contributed by atoms with van der Waals surface area (Å²) in [6, 6.07) is 0. The van der Waals surface area contributed by atoms with Crippen LogP contribution in [0.3, 0.4) is 0 Å². The molecule has 0 unspecified atom stereocenters. The van der Waals surface area contributed by atoms with Gasteiger partial charge in [-0.05, 0) is 31.8 Å². The Morgan fingerprint density at radius 1 is 1.53 bits per heavy atom. The van der Waals surface area contributed by atoms with Crippen LogP contribution in [0.15, 0.2) is 4.52 Å². The van der Waals surface area contributed by atoms with Crippen molar-refractivity contribution in [3.05, 3.63) is 11.3 Å². The van der Waals surface area contributed by atoms with Crippen molar-refractivity contribution in [1.29, 1.82) is 0 Å². The van der Waals surface area contributed by atoms with Gasteiger partial charge in [0.05, 0.1) is 5.56 Å². The number of aromatic nitrogens is 1. The Bertz CT molecular complexity index is 369. The molecule has 1 aliphatic rings. The maximum absolute atomic E-state index is 10.9. The van der Waals surface area contributed by atoms with Crippen molar-refractivity contribution < 1.29 is 14.4 Å². The highest BCUT2D eigenvalue weighted by molar-refractivity contribution is 5.88. The van der Waals surface area contributed by atoms with Gasteiger partial charge in [-0.2, -0.15) is 0 Å². The van der Waals surface area contributed by atoms with E-state index in [9.17, 15) is 4.79 Å². The second-order valence-corrected chi connectivity index (χ2v) is 3.64. The quantitative estimate of drug-likeness (QED) is 0.655. The van der Waals surface area contributed by atoms with E-state index < -0.39 is 5.97 Å². The molecule has 0 radical (unpaired) electrons. The number of rotatable bonds is 2. The molecule has 4 N–H and O–H groups in total. The van der Waals surface area contributed by atoms with Crippen LogP contribution in [-0.4, -0.2) is 29.3 Å². The standard InChI is InChI=1S/C9H13N3O3/c10-8-6(5-1-3-11-4-2-5)7(9(13)14)12-15-8/h5,11H,1-4,10H2,(H,13,14). The lowest BCUT2D eigenvalue weighted by Gasteiger charge is -2.21. The van der Waals surface area contributed by atoms with E-state index in [4.69, 9.17) is 15.4 Å². The first-order valence-electron chi connectivity index (χ1n) is 4.89. The topological polar surface area (TPSA) is 101 Å². The molecule has 1 fully saturated rings. The number of nitrogens with two attached hydrogens (primary N) is 1. The molecule has 2 rings (SSSR count). The van der Waals surface area contributed by atoms with Gasteiger partial charge in [-0.25, -0.2) is 4.79 Å². The fourth-order valence-corrected chi connectivity index (χ4v) is 1.97. The zero-order valence-corrected chi connectivity index (χ0v) is 8.19. The molecule has 82 valence electrons. The van der Waals surface area contributed by atoms with Crippen LogP contribution in [0.1, 0.15) is 34.8 Å². The predicted octanol–water partition coefficient (Wildman–Crippen LogP) is 0.422. The van der Waals surface area contributed by atoms with Gasteiger partial charge in [-0.1, -0.05) is 5.16 Å². The first-order valence-corrected chi connectivity index (χ1v) is 4.89. The average Bonchev–Trinajstić information content (AvgIpc) is 2.61. The number of carboxylic acids is 1. The Kier molecular flexibility index (Phi) is 2.59. The second kappa shape index (κ2) is 3.90. The fraction of sp³-hybridized carbons (Fsp3) is 0.556. The molecule has 1 aromatic rings. The third-order valence-electron chi connectivity index (χ3n) is 2.71. The lowest BCUT2D eigenvalue weighted by atomic mass is 9.90. The summed E-state index contributed by atoms with van der Waals surface area (Å²) >= 11 is 0. The molecule has 6 nitrogen and oxygen atoms in total. The van der Waals surface area contributed by atoms with Crippen LogP contribution >= 0.6 is 0 Å². The number of aromatic carboxylic acids is 1. The normalized spacial score (nSPS) is 17.9. The van der Waals surface area contributed by atoms with Crippen LogP contribution in [0.4, 0.5) is 5.88 Å². The molecule has 0 aliphatic carbocycles. The summed E-state index contributed by atoms with van der Waals surface area (Å²) in [4.78, 5) is 10.9. The minimum atomic E-state index is -1.08. The van der Waals surface area contributed by atoms with E-state index in [1.807, 2.05) is 0 Å². The van der Waals surface area contributed by atoms with Crippen molar-refractivity contribution in [2.75, 3.05) is 18.8 Å². The summed E-state index contributed by atoms with van der Waals surface area (Å²) in [6.45, 7) is 1.74. The largest absolute Gasteiger partial charge is 0.476 e. The van der Waals surface area contributed by atoms with Gasteiger partial charge in [-0.3, -0.25) is 0 Å². The van der Waals surface area contributed by atoms with Gasteiger partial charge in [0.1, 0.15) is 0 Å². The monoisotopic (exact) mass is 211 g/mol. The SMILES string of the molecule is Nc1onc(C(=O)O)c1C1CCNCC1. The van der Waals surface area contributed by atoms with E-state index in [-0.39, 0.29) is 17.5 Å². The summed E-state index contributed by atoms with van der Waals surface area (Å²) in [5.74, 6) is -0.799. The number of nitrogen functional groups attached to an aromatic ring is 1. The van der Waals surface area contributed by atoms with Gasteiger partial charge in [0.2, 0.25) is 5.88 Å². The smallest absolute Gasteiger partial charge is 0.358 e. The number of nitrogens with zero attached hydrogens (tertiary/aromatic N) is 1. The van der Waals surface area contributed by atoms with Crippen LogP contribution in [0.25, 0.3) is 0 Å². The highest BCUT2D eigenvalue weighted by atomic mass is 16.5. The molecular weight excluding hydrogens is 198 g/mol. The first kappa shape index (κ1) is 9.97. The van der Waals surface area contributed by atoms with Crippen LogP contribution < -0.4 is 11.1 Å². The molecule has 0 bridgehead atoms. The van der Waals surface area contributed by atoms with Gasteiger partial charge in [-0.15, -0.1) is 0 Å². The molecule has 0 atom stereocenters. The average molecular weight is 211 g/mol. The number of anilines is 1. The molecule has 6 heteroatoms. The molecule has 1 aliphatic heterocycles. The molecule has 0 aromatic carbocycles. The molecule has 1 saturated heterocycles. The van der Waals surface area contributed by atoms with Crippen LogP contribution in [0.5, 0.6) is 0 Å². The van der Waals surface area contributed by atoms with E-state index in [0.29, 0.717) is 5.56 Å². The third-order valence-corrected chi connectivity index (χ3v) is 2.71. The van der Waals surface area contributed by atoms with Gasteiger partial charge in [0.25, 0.3) is 0 Å². The Labute approximate surface area is 86.4 Å². The zero-order chi connectivity index (χ0) is 10.8. The van der Waals surface area contributed by atoms with Crippen molar-refractivity contribution in [1.82, 2.24) is 10.5 Å². The first-order chi connectivity index (χ1) is 7.20. The number of hydrogen-bond acceptors (Lipinski definition) is 5. The van der Waals surface area contributed by atoms with Gasteiger partial charge >= 0.3 is 5.97 Å². The van der Waals surface area contributed by atoms with Gasteiger partial charge < -0.3 is 20.7 Å². The van der Waals surface area contributed by atoms with E-state index in [2.05, 4.69) is 10.5 Å². The molecule has 0 amide bonds. The maximum atomic E-state index is 10.9. The summed E-state index contributed by atoms with van der Waals surface area (Å²) in [5, 5.41) is 15.6. The van der Waals surface area contributed by atoms with Crippen molar-refractivity contribution >= 4 is 11.9 Å². The third kappa shape index (κ3) is 1.80. The van der Waals surface area contributed by atoms with Crippen molar-refractivity contribution in [2.45, 2.75) is 18.8 Å². The Hall–Kier alpha value is -1.56. The Balaban J connectivity index is 2.32. The van der Waals surface area contributed by atoms with Crippen molar-refractivity contribution in [3.8, 4) is 0 Å². The Morgan fingerprint density at radius 3 is 2.80 bits per heavy atom. The summed E-state index contributed by atoms with van der Waals surface area (Å²) in [6.07, 6.45) is 1.73. The summed E-state index contributed by atoms with van der Waals surface area (Å²) in [7, 11) is 0. The van der Waals surface area contributed by atoms with Crippen molar-refractivity contribution in [3.63, 3.8) is 0 Å². The predicted molar refractivity (Wildman–Crippen MR) is 52.7 cm³/mol. The minimum Gasteiger partial charge on any atom is -0.476 e. The van der Waals surface area contributed by atoms with E-state index in [1.165, 1.54) is 0 Å². The number of carbonyl (C=O) groups is 1. The molecular formula is C9H13N3O3. The zero-order valence-electron chi connectivity index (χ0n) is 8.19. The van der Waals surface area contributed by atoms with Crippen LogP contribution in [-0.2, 0) is 0 Å². The second-order valence-electron chi connectivity index (χ2n) is 3.64. The minimum absolute atomic E-state index is 0.0422. The molecule has 1 aromatic heterocycles. The summed E-state index contributed by atoms with van der Waals surface area (Å²) < 4.78 is 4.74. The molecule has 0 saturated carbocycles. The highest BCUT2D eigenvalue weighted by Gasteiger charge is 2.27. The van der Waals surface area contributed by atoms with E-state index >= 15 is 0 Å². The summed E-state index contributed by atoms with van der Waals surface area (Å²) in [5.41, 5.74) is 6.11. The fourth-order valence-electron chi connectivity index (χ4n) is 1.97. The van der Waals surface area contributed by atoms with Gasteiger partial charge in [0, 0.05) is 0 Å². The maximum Gasteiger partial charge on any atom is 0.358 e. The van der Waals surface area contributed by atoms with Crippen LogP contribution in [0.2, 0.25) is 0 Å². The molecule has 0 spiro atoms. The van der Waals surface area contributed by atoms with E-state index in [1.54, 1.807) is 0 Å². The number of nitrogens with one attached hydrogen (secondary N) is 1. The molecule has 2 heterocycles. The lowest BCUT2D eigenvalue weighted by molar-refractivity contribution is 0.0684. The lowest BCUT2D eigenvalue weighted by Crippen LogP contribution is -2.27. The van der Waals surface area contributed by atoms with Crippen molar-refractivity contribution in [2.24, 2.45) is 0 Å². The van der Waals surface area contributed by atoms with Gasteiger partial charge in [0.15, 0.2) is 5.69 Å². The number of piperidine rings is 1. The molecule has 15 heavy (non-hydrogen) atoms. The highest BCUT2D eigenvalue weighted by Crippen LogP contribution is 2.32.